The third-order valence-corrected chi connectivity index (χ3v) is 2.80. The molecule has 0 amide bonds. The summed E-state index contributed by atoms with van der Waals surface area (Å²) in [6.45, 7) is 2.05. The summed E-state index contributed by atoms with van der Waals surface area (Å²) in [6, 6.07) is 9.80. The molecule has 3 nitrogen and oxygen atoms in total. The van der Waals surface area contributed by atoms with Gasteiger partial charge in [-0.15, -0.1) is 0 Å². The maximum Gasteiger partial charge on any atom is 0.212 e. The highest BCUT2D eigenvalue weighted by atomic mass is 16.5. The predicted molar refractivity (Wildman–Crippen MR) is 66.9 cm³/mol. The summed E-state index contributed by atoms with van der Waals surface area (Å²) in [6.07, 6.45) is 1.77. The molecule has 0 atom stereocenters. The van der Waals surface area contributed by atoms with Crippen LogP contribution in [0.2, 0.25) is 0 Å². The van der Waals surface area contributed by atoms with Crippen LogP contribution < -0.4 is 4.74 Å². The molecule has 2 rings (SSSR count). The van der Waals surface area contributed by atoms with Gasteiger partial charge in [0, 0.05) is 17.8 Å². The number of methoxy groups -OCH3 is 1. The zero-order valence-corrected chi connectivity index (χ0v) is 9.97. The third kappa shape index (κ3) is 2.45. The van der Waals surface area contributed by atoms with Crippen molar-refractivity contribution < 1.29 is 9.84 Å². The molecule has 1 aromatic carbocycles. The van der Waals surface area contributed by atoms with E-state index in [9.17, 15) is 5.11 Å². The molecule has 1 aromatic heterocycles. The predicted octanol–water partition coefficient (Wildman–Crippen LogP) is 2.56. The smallest absolute Gasteiger partial charge is 0.212 e. The van der Waals surface area contributed by atoms with Crippen molar-refractivity contribution in [3.05, 3.63) is 47.7 Å². The van der Waals surface area contributed by atoms with Crippen LogP contribution in [0.4, 0.5) is 0 Å². The van der Waals surface area contributed by atoms with E-state index in [-0.39, 0.29) is 6.61 Å². The molecule has 0 spiro atoms. The third-order valence-electron chi connectivity index (χ3n) is 2.80. The van der Waals surface area contributed by atoms with Gasteiger partial charge in [0.05, 0.1) is 13.7 Å². The van der Waals surface area contributed by atoms with Gasteiger partial charge in [-0.3, -0.25) is 0 Å². The first-order chi connectivity index (χ1) is 8.24. The van der Waals surface area contributed by atoms with Gasteiger partial charge in [-0.05, 0) is 35.7 Å². The zero-order valence-electron chi connectivity index (χ0n) is 9.97. The number of nitrogens with zero attached hydrogens (tertiary/aromatic N) is 1. The van der Waals surface area contributed by atoms with Gasteiger partial charge in [-0.2, -0.15) is 0 Å². The SMILES string of the molecule is COc1ccc(-c2ccc(C)c(CO)c2)cn1. The Morgan fingerprint density at radius 1 is 1.18 bits per heavy atom. The van der Waals surface area contributed by atoms with E-state index in [2.05, 4.69) is 4.98 Å². The number of benzene rings is 1. The summed E-state index contributed by atoms with van der Waals surface area (Å²) in [5.41, 5.74) is 4.10. The number of aryl methyl sites for hydroxylation is 1. The molecule has 17 heavy (non-hydrogen) atoms. The molecule has 0 fully saturated rings. The largest absolute Gasteiger partial charge is 0.481 e. The van der Waals surface area contributed by atoms with Crippen LogP contribution >= 0.6 is 0 Å². The molecule has 0 radical (unpaired) electrons. The molecular weight excluding hydrogens is 214 g/mol. The topological polar surface area (TPSA) is 42.4 Å². The molecule has 0 aliphatic heterocycles. The molecule has 3 heteroatoms. The van der Waals surface area contributed by atoms with E-state index in [1.165, 1.54) is 0 Å². The average Bonchev–Trinajstić information content (AvgIpc) is 2.39. The van der Waals surface area contributed by atoms with Crippen LogP contribution in [0.25, 0.3) is 11.1 Å². The molecule has 0 unspecified atom stereocenters. The van der Waals surface area contributed by atoms with Crippen LogP contribution in [0.5, 0.6) is 5.88 Å². The summed E-state index contributed by atoms with van der Waals surface area (Å²) in [4.78, 5) is 4.17. The normalized spacial score (nSPS) is 10.3. The van der Waals surface area contributed by atoms with Crippen molar-refractivity contribution in [3.8, 4) is 17.0 Å². The molecule has 0 aliphatic rings. The molecule has 1 heterocycles. The zero-order chi connectivity index (χ0) is 12.3. The Balaban J connectivity index is 2.38. The standard InChI is InChI=1S/C14H15NO2/c1-10-3-4-11(7-13(10)9-16)12-5-6-14(17-2)15-8-12/h3-8,16H,9H2,1-2H3. The Kier molecular flexibility index (Phi) is 3.40. The Morgan fingerprint density at radius 3 is 2.53 bits per heavy atom. The van der Waals surface area contributed by atoms with Crippen molar-refractivity contribution in [1.29, 1.82) is 0 Å². The number of hydrogen-bond donors (Lipinski definition) is 1. The van der Waals surface area contributed by atoms with Crippen molar-refractivity contribution in [2.45, 2.75) is 13.5 Å². The highest BCUT2D eigenvalue weighted by Crippen LogP contribution is 2.23. The Hall–Kier alpha value is -1.87. The molecule has 88 valence electrons. The van der Waals surface area contributed by atoms with Crippen molar-refractivity contribution in [3.63, 3.8) is 0 Å². The van der Waals surface area contributed by atoms with Gasteiger partial charge < -0.3 is 9.84 Å². The lowest BCUT2D eigenvalue weighted by Gasteiger charge is -2.07. The quantitative estimate of drug-likeness (QED) is 0.879. The minimum Gasteiger partial charge on any atom is -0.481 e. The van der Waals surface area contributed by atoms with Gasteiger partial charge in [0.25, 0.3) is 0 Å². The fourth-order valence-electron chi connectivity index (χ4n) is 1.69. The van der Waals surface area contributed by atoms with E-state index in [1.54, 1.807) is 13.3 Å². The first-order valence-electron chi connectivity index (χ1n) is 5.45. The number of rotatable bonds is 3. The van der Waals surface area contributed by atoms with Crippen LogP contribution in [0.3, 0.4) is 0 Å². The van der Waals surface area contributed by atoms with Crippen LogP contribution in [0.15, 0.2) is 36.5 Å². The van der Waals surface area contributed by atoms with E-state index in [0.29, 0.717) is 5.88 Å². The number of aliphatic hydroxyl groups excluding tert-OH is 1. The minimum atomic E-state index is 0.0588. The maximum absolute atomic E-state index is 9.24. The monoisotopic (exact) mass is 229 g/mol. The van der Waals surface area contributed by atoms with Gasteiger partial charge in [0.15, 0.2) is 0 Å². The van der Waals surface area contributed by atoms with Crippen LogP contribution in [-0.4, -0.2) is 17.2 Å². The van der Waals surface area contributed by atoms with Crippen LogP contribution in [0.1, 0.15) is 11.1 Å². The van der Waals surface area contributed by atoms with Gasteiger partial charge in [-0.1, -0.05) is 12.1 Å². The Labute approximate surface area is 101 Å². The summed E-state index contributed by atoms with van der Waals surface area (Å²) in [7, 11) is 1.59. The second-order valence-corrected chi connectivity index (χ2v) is 3.89. The van der Waals surface area contributed by atoms with Crippen LogP contribution in [0, 0.1) is 6.92 Å². The second-order valence-electron chi connectivity index (χ2n) is 3.89. The van der Waals surface area contributed by atoms with Gasteiger partial charge >= 0.3 is 0 Å². The Morgan fingerprint density at radius 2 is 1.94 bits per heavy atom. The highest BCUT2D eigenvalue weighted by Gasteiger charge is 2.02. The summed E-state index contributed by atoms with van der Waals surface area (Å²) >= 11 is 0. The molecule has 0 saturated heterocycles. The van der Waals surface area contributed by atoms with Crippen LogP contribution in [-0.2, 0) is 6.61 Å². The lowest BCUT2D eigenvalue weighted by molar-refractivity contribution is 0.281. The fraction of sp³-hybridized carbons (Fsp3) is 0.214. The molecule has 0 bridgehead atoms. The first kappa shape index (κ1) is 11.6. The second kappa shape index (κ2) is 4.97. The molecule has 1 N–H and O–H groups in total. The number of aromatic nitrogens is 1. The van der Waals surface area contributed by atoms with Gasteiger partial charge in [0.1, 0.15) is 0 Å². The Bertz CT molecular complexity index is 506. The molecule has 0 aliphatic carbocycles. The first-order valence-corrected chi connectivity index (χ1v) is 5.45. The molecule has 0 saturated carbocycles. The highest BCUT2D eigenvalue weighted by molar-refractivity contribution is 5.64. The maximum atomic E-state index is 9.24. The minimum absolute atomic E-state index is 0.0588. The molecule has 2 aromatic rings. The number of ether oxygens (including phenoxy) is 1. The van der Waals surface area contributed by atoms with E-state index < -0.39 is 0 Å². The number of hydrogen-bond acceptors (Lipinski definition) is 3. The van der Waals surface area contributed by atoms with Crippen molar-refractivity contribution in [1.82, 2.24) is 4.98 Å². The average molecular weight is 229 g/mol. The van der Waals surface area contributed by atoms with E-state index in [1.807, 2.05) is 37.3 Å². The summed E-state index contributed by atoms with van der Waals surface area (Å²) in [5.74, 6) is 0.600. The number of aliphatic hydroxyl groups is 1. The van der Waals surface area contributed by atoms with Gasteiger partial charge in [-0.25, -0.2) is 4.98 Å². The fourth-order valence-corrected chi connectivity index (χ4v) is 1.69. The molecular formula is C14H15NO2. The van der Waals surface area contributed by atoms with E-state index in [4.69, 9.17) is 4.74 Å². The number of pyridine rings is 1. The summed E-state index contributed by atoms with van der Waals surface area (Å²) in [5, 5.41) is 9.24. The van der Waals surface area contributed by atoms with Crippen molar-refractivity contribution in [2.24, 2.45) is 0 Å². The van der Waals surface area contributed by atoms with E-state index in [0.717, 1.165) is 22.3 Å². The van der Waals surface area contributed by atoms with Crippen molar-refractivity contribution in [2.75, 3.05) is 7.11 Å². The van der Waals surface area contributed by atoms with Gasteiger partial charge in [0.2, 0.25) is 5.88 Å². The lowest BCUT2D eigenvalue weighted by Crippen LogP contribution is -1.91. The lowest BCUT2D eigenvalue weighted by atomic mass is 10.0. The van der Waals surface area contributed by atoms with E-state index >= 15 is 0 Å². The summed E-state index contributed by atoms with van der Waals surface area (Å²) < 4.78 is 5.02. The van der Waals surface area contributed by atoms with Crippen molar-refractivity contribution >= 4 is 0 Å².